The molecule has 24 heavy (non-hydrogen) atoms. The Hall–Kier alpha value is -1.64. The van der Waals surface area contributed by atoms with Crippen LogP contribution in [0.4, 0.5) is 0 Å². The van der Waals surface area contributed by atoms with Crippen molar-refractivity contribution in [3.8, 4) is 0 Å². The van der Waals surface area contributed by atoms with Gasteiger partial charge < -0.3 is 10.4 Å². The number of aliphatic hydroxyl groups is 1. The molecular formula is C22H26NO+. The zero-order valence-corrected chi connectivity index (χ0v) is 14.5. The first-order valence-corrected chi connectivity index (χ1v) is 9.21. The van der Waals surface area contributed by atoms with Gasteiger partial charge in [0.05, 0.1) is 0 Å². The lowest BCUT2D eigenvalue weighted by Gasteiger charge is -2.35. The molecule has 2 bridgehead atoms. The highest BCUT2D eigenvalue weighted by Crippen LogP contribution is 2.64. The van der Waals surface area contributed by atoms with Crippen molar-refractivity contribution in [2.45, 2.75) is 49.6 Å². The Morgan fingerprint density at radius 3 is 2.17 bits per heavy atom. The zero-order valence-electron chi connectivity index (χ0n) is 14.5. The Bertz CT molecular complexity index is 830. The van der Waals surface area contributed by atoms with Gasteiger partial charge in [0.2, 0.25) is 0 Å². The van der Waals surface area contributed by atoms with Gasteiger partial charge >= 0.3 is 0 Å². The summed E-state index contributed by atoms with van der Waals surface area (Å²) in [7, 11) is 0. The Labute approximate surface area is 143 Å². The summed E-state index contributed by atoms with van der Waals surface area (Å²) >= 11 is 0. The molecule has 2 aromatic carbocycles. The van der Waals surface area contributed by atoms with Crippen molar-refractivity contribution in [2.24, 2.45) is 5.92 Å². The minimum atomic E-state index is -0.0298. The minimum absolute atomic E-state index is 0.0298. The smallest absolute Gasteiger partial charge is 0.146 e. The molecule has 4 atom stereocenters. The molecule has 3 aliphatic rings. The lowest BCUT2D eigenvalue weighted by atomic mass is 9.76. The number of hydrogen-bond donors (Lipinski definition) is 2. The Balaban J connectivity index is 1.81. The van der Waals surface area contributed by atoms with E-state index in [1.165, 1.54) is 35.1 Å². The second-order valence-electron chi connectivity index (χ2n) is 8.59. The maximum atomic E-state index is 9.74. The number of hydrogen-bond acceptors (Lipinski definition) is 1. The molecule has 2 heteroatoms. The number of quaternary nitrogens is 1. The van der Waals surface area contributed by atoms with Gasteiger partial charge in [-0.15, -0.1) is 0 Å². The Morgan fingerprint density at radius 2 is 1.50 bits per heavy atom. The molecule has 2 aliphatic heterocycles. The van der Waals surface area contributed by atoms with Crippen molar-refractivity contribution in [1.82, 2.24) is 0 Å². The zero-order chi connectivity index (χ0) is 16.6. The second-order valence-corrected chi connectivity index (χ2v) is 8.59. The fourth-order valence-electron chi connectivity index (χ4n) is 6.12. The van der Waals surface area contributed by atoms with E-state index in [1.807, 2.05) is 0 Å². The molecule has 5 rings (SSSR count). The van der Waals surface area contributed by atoms with Crippen LogP contribution in [0.25, 0.3) is 0 Å². The van der Waals surface area contributed by atoms with E-state index >= 15 is 0 Å². The highest BCUT2D eigenvalue weighted by Gasteiger charge is 2.64. The summed E-state index contributed by atoms with van der Waals surface area (Å²) in [5.74, 6) is 0.683. The quantitative estimate of drug-likeness (QED) is 0.877. The van der Waals surface area contributed by atoms with Crippen LogP contribution in [0.2, 0.25) is 0 Å². The van der Waals surface area contributed by atoms with Gasteiger partial charge in [0.25, 0.3) is 0 Å². The van der Waals surface area contributed by atoms with Crippen molar-refractivity contribution >= 4 is 0 Å². The number of nitrogens with two attached hydrogens (primary N) is 1. The number of aliphatic hydroxyl groups excluding tert-OH is 1. The molecule has 0 aromatic heterocycles. The minimum Gasteiger partial charge on any atom is -0.396 e. The summed E-state index contributed by atoms with van der Waals surface area (Å²) in [6.07, 6.45) is 3.33. The predicted octanol–water partition coefficient (Wildman–Crippen LogP) is 2.79. The molecule has 1 fully saturated rings. The first kappa shape index (κ1) is 14.7. The van der Waals surface area contributed by atoms with Crippen LogP contribution in [0.5, 0.6) is 0 Å². The monoisotopic (exact) mass is 320 g/mol. The lowest BCUT2D eigenvalue weighted by Crippen LogP contribution is -2.99. The van der Waals surface area contributed by atoms with E-state index in [0.717, 1.165) is 6.42 Å². The third-order valence-electron chi connectivity index (χ3n) is 7.19. The van der Waals surface area contributed by atoms with Crippen molar-refractivity contribution in [1.29, 1.82) is 0 Å². The molecule has 2 heterocycles. The molecule has 1 aliphatic carbocycles. The van der Waals surface area contributed by atoms with Gasteiger partial charge in [-0.3, -0.25) is 0 Å². The standard InChI is InChI=1S/C22H25NO/c1-20-13-15-14-22(15,11-12-24)19-10-6-5-9-18(19)21(2,23-20)17-8-4-3-7-16(17)20/h3-10,15,23-24H,11-14H2,1-2H3/p+1. The molecule has 4 unspecified atom stereocenters. The SMILES string of the molecule is CC12CC3CC3(CCO)c3ccccc3C(C)([NH2+]1)c1ccccc12. The van der Waals surface area contributed by atoms with Gasteiger partial charge in [-0.2, -0.15) is 0 Å². The largest absolute Gasteiger partial charge is 0.396 e. The van der Waals surface area contributed by atoms with Crippen LogP contribution in [-0.4, -0.2) is 11.7 Å². The van der Waals surface area contributed by atoms with Crippen LogP contribution in [0.3, 0.4) is 0 Å². The molecule has 0 amide bonds. The van der Waals surface area contributed by atoms with Gasteiger partial charge in [-0.25, -0.2) is 0 Å². The maximum absolute atomic E-state index is 9.74. The summed E-state index contributed by atoms with van der Waals surface area (Å²) in [4.78, 5) is 0. The Morgan fingerprint density at radius 1 is 0.917 bits per heavy atom. The topological polar surface area (TPSA) is 36.8 Å². The average molecular weight is 320 g/mol. The average Bonchev–Trinajstić information content (AvgIpc) is 3.19. The first-order valence-electron chi connectivity index (χ1n) is 9.21. The van der Waals surface area contributed by atoms with Gasteiger partial charge in [-0.05, 0) is 38.2 Å². The van der Waals surface area contributed by atoms with Crippen LogP contribution in [0.15, 0.2) is 48.5 Å². The van der Waals surface area contributed by atoms with E-state index in [2.05, 4.69) is 67.7 Å². The summed E-state index contributed by atoms with van der Waals surface area (Å²) in [6.45, 7) is 5.10. The molecule has 3 N–H and O–H groups in total. The molecule has 0 radical (unpaired) electrons. The van der Waals surface area contributed by atoms with Gasteiger partial charge in [0, 0.05) is 35.1 Å². The van der Waals surface area contributed by atoms with Crippen LogP contribution in [-0.2, 0) is 16.5 Å². The molecule has 2 nitrogen and oxygen atoms in total. The molecule has 1 saturated carbocycles. The van der Waals surface area contributed by atoms with Crippen molar-refractivity contribution in [2.75, 3.05) is 6.61 Å². The van der Waals surface area contributed by atoms with Crippen LogP contribution in [0.1, 0.15) is 55.4 Å². The predicted molar refractivity (Wildman–Crippen MR) is 94.7 cm³/mol. The second kappa shape index (κ2) is 4.50. The van der Waals surface area contributed by atoms with Crippen LogP contribution >= 0.6 is 0 Å². The molecule has 124 valence electrons. The first-order chi connectivity index (χ1) is 11.5. The van der Waals surface area contributed by atoms with Gasteiger partial charge in [0.15, 0.2) is 0 Å². The van der Waals surface area contributed by atoms with Crippen molar-refractivity contribution in [3.05, 3.63) is 70.8 Å². The van der Waals surface area contributed by atoms with E-state index in [-0.39, 0.29) is 23.1 Å². The van der Waals surface area contributed by atoms with Gasteiger partial charge in [0.1, 0.15) is 11.1 Å². The number of fused-ring (bicyclic) bond motifs is 9. The summed E-state index contributed by atoms with van der Waals surface area (Å²) in [5.41, 5.74) is 6.23. The van der Waals surface area contributed by atoms with E-state index < -0.39 is 0 Å². The Kier molecular flexibility index (Phi) is 2.75. The fraction of sp³-hybridized carbons (Fsp3) is 0.455. The fourth-order valence-corrected chi connectivity index (χ4v) is 6.12. The highest BCUT2D eigenvalue weighted by molar-refractivity contribution is 5.53. The molecular weight excluding hydrogens is 294 g/mol. The number of rotatable bonds is 2. The van der Waals surface area contributed by atoms with Gasteiger partial charge in [-0.1, -0.05) is 48.5 Å². The third kappa shape index (κ3) is 1.63. The molecule has 0 saturated heterocycles. The van der Waals surface area contributed by atoms with Crippen LogP contribution < -0.4 is 5.32 Å². The maximum Gasteiger partial charge on any atom is 0.146 e. The van der Waals surface area contributed by atoms with E-state index in [4.69, 9.17) is 0 Å². The summed E-state index contributed by atoms with van der Waals surface area (Å²) < 4.78 is 0. The van der Waals surface area contributed by atoms with E-state index in [1.54, 1.807) is 0 Å². The number of benzene rings is 2. The van der Waals surface area contributed by atoms with E-state index in [0.29, 0.717) is 5.92 Å². The van der Waals surface area contributed by atoms with Crippen molar-refractivity contribution in [3.63, 3.8) is 0 Å². The third-order valence-corrected chi connectivity index (χ3v) is 7.19. The van der Waals surface area contributed by atoms with E-state index in [9.17, 15) is 5.11 Å². The normalized spacial score (nSPS) is 38.5. The van der Waals surface area contributed by atoms with Crippen molar-refractivity contribution < 1.29 is 10.4 Å². The molecule has 0 spiro atoms. The molecule has 2 aromatic rings. The summed E-state index contributed by atoms with van der Waals surface area (Å²) in [6, 6.07) is 18.0. The highest BCUT2D eigenvalue weighted by atomic mass is 16.3. The van der Waals surface area contributed by atoms with Crippen LogP contribution in [0, 0.1) is 5.92 Å². The lowest BCUT2D eigenvalue weighted by molar-refractivity contribution is -0.783. The summed E-state index contributed by atoms with van der Waals surface area (Å²) in [5, 5.41) is 12.4.